The summed E-state index contributed by atoms with van der Waals surface area (Å²) in [6, 6.07) is 3.75. The maximum atomic E-state index is 11.0. The lowest BCUT2D eigenvalue weighted by Crippen LogP contribution is -2.37. The number of hydrazine groups is 1. The van der Waals surface area contributed by atoms with Gasteiger partial charge < -0.3 is 5.73 Å². The quantitative estimate of drug-likeness (QED) is 0.674. The maximum Gasteiger partial charge on any atom is 0.235 e. The van der Waals surface area contributed by atoms with Crippen LogP contribution in [0, 0.1) is 0 Å². The lowest BCUT2D eigenvalue weighted by molar-refractivity contribution is -0.121. The van der Waals surface area contributed by atoms with E-state index in [4.69, 9.17) is 5.73 Å². The Morgan fingerprint density at radius 3 is 2.50 bits per heavy atom. The molecule has 0 aliphatic rings. The molecule has 0 aliphatic heterocycles. The summed E-state index contributed by atoms with van der Waals surface area (Å²) >= 11 is 0. The first-order valence-electron chi connectivity index (χ1n) is 4.43. The van der Waals surface area contributed by atoms with Crippen LogP contribution in [-0.4, -0.2) is 17.4 Å². The maximum absolute atomic E-state index is 11.0. The number of carbonyl (C=O) groups is 1. The smallest absolute Gasteiger partial charge is 0.235 e. The molecule has 1 aromatic heterocycles. The summed E-state index contributed by atoms with van der Waals surface area (Å²) < 4.78 is 0. The Kier molecular flexibility index (Phi) is 11.6. The summed E-state index contributed by atoms with van der Waals surface area (Å²) in [5.41, 5.74) is 11.6. The van der Waals surface area contributed by atoms with Gasteiger partial charge in [-0.15, -0.1) is 24.8 Å². The number of halogens is 2. The molecule has 0 aliphatic carbocycles. The summed E-state index contributed by atoms with van der Waals surface area (Å²) in [5, 5.41) is 0. The van der Waals surface area contributed by atoms with Gasteiger partial charge in [0.05, 0.1) is 0 Å². The average molecular weight is 267 g/mol. The van der Waals surface area contributed by atoms with Crippen LogP contribution in [0.25, 0.3) is 0 Å². The monoisotopic (exact) mass is 266 g/mol. The second kappa shape index (κ2) is 10.6. The van der Waals surface area contributed by atoms with Crippen molar-refractivity contribution in [1.82, 2.24) is 15.8 Å². The highest BCUT2D eigenvalue weighted by Crippen LogP contribution is 1.93. The second-order valence-corrected chi connectivity index (χ2v) is 2.80. The summed E-state index contributed by atoms with van der Waals surface area (Å²) in [6.07, 6.45) is 3.75. The molecule has 0 spiro atoms. The molecular weight excluding hydrogens is 251 g/mol. The number of nitrogens with two attached hydrogens (primary N) is 1. The Balaban J connectivity index is 0. The SMILES string of the molecule is Cl.Cl.NCCC(=O)NNCc1ccncc1. The normalized spacial score (nSPS) is 8.56. The van der Waals surface area contributed by atoms with Crippen LogP contribution in [-0.2, 0) is 11.3 Å². The zero-order valence-electron chi connectivity index (χ0n) is 8.68. The Morgan fingerprint density at radius 1 is 1.31 bits per heavy atom. The van der Waals surface area contributed by atoms with Gasteiger partial charge in [-0.2, -0.15) is 0 Å². The molecule has 92 valence electrons. The summed E-state index contributed by atoms with van der Waals surface area (Å²) in [6.45, 7) is 0.946. The molecule has 1 aromatic rings. The van der Waals surface area contributed by atoms with Crippen molar-refractivity contribution in [2.75, 3.05) is 6.54 Å². The van der Waals surface area contributed by atoms with Crippen molar-refractivity contribution in [3.8, 4) is 0 Å². The van der Waals surface area contributed by atoms with E-state index < -0.39 is 0 Å². The predicted molar refractivity (Wildman–Crippen MR) is 67.4 cm³/mol. The number of pyridine rings is 1. The van der Waals surface area contributed by atoms with E-state index >= 15 is 0 Å². The molecule has 0 atom stereocenters. The number of nitrogens with zero attached hydrogens (tertiary/aromatic N) is 1. The third kappa shape index (κ3) is 7.42. The first-order valence-corrected chi connectivity index (χ1v) is 4.43. The molecule has 0 aromatic carbocycles. The number of amides is 1. The highest BCUT2D eigenvalue weighted by atomic mass is 35.5. The van der Waals surface area contributed by atoms with Crippen molar-refractivity contribution in [2.24, 2.45) is 5.73 Å². The molecule has 5 nitrogen and oxygen atoms in total. The van der Waals surface area contributed by atoms with Gasteiger partial charge in [0.2, 0.25) is 5.91 Å². The molecule has 16 heavy (non-hydrogen) atoms. The zero-order valence-corrected chi connectivity index (χ0v) is 10.3. The summed E-state index contributed by atoms with van der Waals surface area (Å²) in [5.74, 6) is -0.0958. The Hall–Kier alpha value is -0.880. The third-order valence-electron chi connectivity index (χ3n) is 1.64. The number of aromatic nitrogens is 1. The van der Waals surface area contributed by atoms with E-state index in [0.29, 0.717) is 19.5 Å². The number of hydrogen-bond acceptors (Lipinski definition) is 4. The minimum atomic E-state index is -0.0958. The molecule has 0 bridgehead atoms. The van der Waals surface area contributed by atoms with Crippen LogP contribution in [0.2, 0.25) is 0 Å². The number of carbonyl (C=O) groups excluding carboxylic acids is 1. The van der Waals surface area contributed by atoms with Gasteiger partial charge in [-0.1, -0.05) is 0 Å². The minimum absolute atomic E-state index is 0. The van der Waals surface area contributed by atoms with Gasteiger partial charge >= 0.3 is 0 Å². The van der Waals surface area contributed by atoms with Crippen LogP contribution in [0.5, 0.6) is 0 Å². The second-order valence-electron chi connectivity index (χ2n) is 2.80. The highest BCUT2D eigenvalue weighted by Gasteiger charge is 1.97. The van der Waals surface area contributed by atoms with Crippen LogP contribution >= 0.6 is 24.8 Å². The van der Waals surface area contributed by atoms with E-state index in [1.54, 1.807) is 12.4 Å². The fourth-order valence-corrected chi connectivity index (χ4v) is 0.939. The first-order chi connectivity index (χ1) is 6.83. The van der Waals surface area contributed by atoms with Gasteiger partial charge in [0, 0.05) is 31.9 Å². The van der Waals surface area contributed by atoms with E-state index in [1.807, 2.05) is 12.1 Å². The largest absolute Gasteiger partial charge is 0.330 e. The van der Waals surface area contributed by atoms with Crippen LogP contribution in [0.3, 0.4) is 0 Å². The number of nitrogens with one attached hydrogen (secondary N) is 2. The molecule has 0 radical (unpaired) electrons. The Morgan fingerprint density at radius 2 is 1.94 bits per heavy atom. The Bertz CT molecular complexity index is 284. The molecule has 1 rings (SSSR count). The van der Waals surface area contributed by atoms with Gasteiger partial charge in [0.1, 0.15) is 0 Å². The molecule has 1 amide bonds. The number of rotatable bonds is 5. The van der Waals surface area contributed by atoms with Gasteiger partial charge in [0.25, 0.3) is 0 Å². The van der Waals surface area contributed by atoms with Crippen LogP contribution < -0.4 is 16.6 Å². The van der Waals surface area contributed by atoms with Crippen molar-refractivity contribution in [1.29, 1.82) is 0 Å². The molecule has 0 fully saturated rings. The van der Waals surface area contributed by atoms with Gasteiger partial charge in [-0.05, 0) is 17.7 Å². The predicted octanol–water partition coefficient (Wildman–Crippen LogP) is 0.395. The number of hydrogen-bond donors (Lipinski definition) is 3. The molecule has 0 saturated carbocycles. The van der Waals surface area contributed by atoms with E-state index in [2.05, 4.69) is 15.8 Å². The van der Waals surface area contributed by atoms with Crippen LogP contribution in [0.15, 0.2) is 24.5 Å². The van der Waals surface area contributed by atoms with E-state index in [9.17, 15) is 4.79 Å². The first kappa shape index (κ1) is 17.5. The van der Waals surface area contributed by atoms with Gasteiger partial charge in [-0.3, -0.25) is 15.2 Å². The summed E-state index contributed by atoms with van der Waals surface area (Å²) in [7, 11) is 0. The molecule has 0 unspecified atom stereocenters. The average Bonchev–Trinajstić information content (AvgIpc) is 2.20. The van der Waals surface area contributed by atoms with E-state index in [1.165, 1.54) is 0 Å². The molecule has 4 N–H and O–H groups in total. The van der Waals surface area contributed by atoms with Crippen molar-refractivity contribution in [2.45, 2.75) is 13.0 Å². The van der Waals surface area contributed by atoms with Gasteiger partial charge in [0.15, 0.2) is 0 Å². The van der Waals surface area contributed by atoms with Crippen LogP contribution in [0.4, 0.5) is 0 Å². The van der Waals surface area contributed by atoms with Crippen molar-refractivity contribution < 1.29 is 4.79 Å². The van der Waals surface area contributed by atoms with Crippen molar-refractivity contribution in [3.05, 3.63) is 30.1 Å². The fraction of sp³-hybridized carbons (Fsp3) is 0.333. The molecular formula is C9H16Cl2N4O. The van der Waals surface area contributed by atoms with Crippen molar-refractivity contribution >= 4 is 30.7 Å². The molecule has 1 heterocycles. The zero-order chi connectivity index (χ0) is 10.2. The van der Waals surface area contributed by atoms with E-state index in [0.717, 1.165) is 5.56 Å². The molecule has 7 heteroatoms. The van der Waals surface area contributed by atoms with E-state index in [-0.39, 0.29) is 30.7 Å². The lowest BCUT2D eigenvalue weighted by Gasteiger charge is -2.05. The lowest BCUT2D eigenvalue weighted by atomic mass is 10.3. The fourth-order valence-electron chi connectivity index (χ4n) is 0.939. The Labute approximate surface area is 107 Å². The summed E-state index contributed by atoms with van der Waals surface area (Å²) in [4.78, 5) is 14.9. The standard InChI is InChI=1S/C9H14N4O.2ClH/c10-4-1-9(14)13-12-7-8-2-5-11-6-3-8;;/h2-3,5-6,12H,1,4,7,10H2,(H,13,14);2*1H. The van der Waals surface area contributed by atoms with Crippen LogP contribution in [0.1, 0.15) is 12.0 Å². The van der Waals surface area contributed by atoms with Crippen molar-refractivity contribution in [3.63, 3.8) is 0 Å². The highest BCUT2D eigenvalue weighted by molar-refractivity contribution is 5.85. The minimum Gasteiger partial charge on any atom is -0.330 e. The molecule has 0 saturated heterocycles. The van der Waals surface area contributed by atoms with Gasteiger partial charge in [-0.25, -0.2) is 5.43 Å². The third-order valence-corrected chi connectivity index (χ3v) is 1.64. The topological polar surface area (TPSA) is 80.0 Å².